The highest BCUT2D eigenvalue weighted by Gasteiger charge is 2.20. The van der Waals surface area contributed by atoms with Crippen LogP contribution < -0.4 is 0 Å². The molecule has 12 aromatic rings. The molecule has 60 heavy (non-hydrogen) atoms. The van der Waals surface area contributed by atoms with Crippen LogP contribution in [0.5, 0.6) is 0 Å². The number of pyridine rings is 1. The van der Waals surface area contributed by atoms with E-state index in [4.69, 9.17) is 19.4 Å². The van der Waals surface area contributed by atoms with Gasteiger partial charge in [0.15, 0.2) is 5.82 Å². The number of nitrogens with zero attached hydrogens (tertiary/aromatic N) is 3. The van der Waals surface area contributed by atoms with E-state index in [1.807, 2.05) is 36.4 Å². The van der Waals surface area contributed by atoms with E-state index in [0.29, 0.717) is 5.82 Å². The van der Waals surface area contributed by atoms with Gasteiger partial charge in [-0.1, -0.05) is 152 Å². The van der Waals surface area contributed by atoms with Gasteiger partial charge < -0.3 is 4.42 Å². The summed E-state index contributed by atoms with van der Waals surface area (Å²) in [6.45, 7) is 0. The van der Waals surface area contributed by atoms with Crippen LogP contribution in [0.1, 0.15) is 0 Å². The second-order valence-corrected chi connectivity index (χ2v) is 16.2. The molecule has 0 radical (unpaired) electrons. The molecule has 4 heterocycles. The Morgan fingerprint density at radius 3 is 1.80 bits per heavy atom. The first-order valence-corrected chi connectivity index (χ1v) is 20.9. The fourth-order valence-electron chi connectivity index (χ4n) is 8.60. The Bertz CT molecular complexity index is 3610. The zero-order chi connectivity index (χ0) is 39.6. The van der Waals surface area contributed by atoms with Crippen molar-refractivity contribution in [2.24, 2.45) is 0 Å². The molecule has 0 bridgehead atoms. The Morgan fingerprint density at radius 1 is 0.367 bits per heavy atom. The minimum Gasteiger partial charge on any atom is -0.456 e. The average molecular weight is 784 g/mol. The highest BCUT2D eigenvalue weighted by molar-refractivity contribution is 7.26. The number of hydrogen-bond donors (Lipinski definition) is 0. The maximum absolute atomic E-state index is 6.18. The molecule has 8 aromatic carbocycles. The Kier molecular flexibility index (Phi) is 8.00. The number of hydrogen-bond acceptors (Lipinski definition) is 5. The molecule has 4 aromatic heterocycles. The quantitative estimate of drug-likeness (QED) is 0.169. The van der Waals surface area contributed by atoms with Crippen LogP contribution in [0.3, 0.4) is 0 Å². The molecule has 0 atom stereocenters. The maximum Gasteiger partial charge on any atom is 0.160 e. The van der Waals surface area contributed by atoms with Crippen LogP contribution in [0.25, 0.3) is 120 Å². The summed E-state index contributed by atoms with van der Waals surface area (Å²) in [4.78, 5) is 16.0. The van der Waals surface area contributed by atoms with Gasteiger partial charge in [-0.25, -0.2) is 15.0 Å². The number of fused-ring (bicyclic) bond motifs is 8. The van der Waals surface area contributed by atoms with E-state index >= 15 is 0 Å². The molecule has 0 aliphatic carbocycles. The smallest absolute Gasteiger partial charge is 0.160 e. The zero-order valence-corrected chi connectivity index (χ0v) is 33.0. The number of rotatable bonds is 6. The van der Waals surface area contributed by atoms with Gasteiger partial charge in [0, 0.05) is 59.4 Å². The van der Waals surface area contributed by atoms with Crippen molar-refractivity contribution in [3.05, 3.63) is 200 Å². The number of furan rings is 1. The fraction of sp³-hybridized carbons (Fsp3) is 0. The predicted molar refractivity (Wildman–Crippen MR) is 250 cm³/mol. The van der Waals surface area contributed by atoms with Crippen LogP contribution >= 0.6 is 11.3 Å². The molecule has 0 saturated carbocycles. The number of benzene rings is 8. The summed E-state index contributed by atoms with van der Waals surface area (Å²) in [5.41, 5.74) is 13.9. The van der Waals surface area contributed by atoms with Crippen molar-refractivity contribution in [2.45, 2.75) is 0 Å². The van der Waals surface area contributed by atoms with E-state index in [0.717, 1.165) is 83.3 Å². The SMILES string of the molecule is c1ccc(-c2cccc(-c3cccc4c3nc(-c3cccc(-c5cc(-c6ccc7oc8ccccc8c7c6)nc(-c6ccccc6)n5)c3)c3sc5ccccc5c34)c2)cc1. The van der Waals surface area contributed by atoms with E-state index in [9.17, 15) is 0 Å². The van der Waals surface area contributed by atoms with Crippen molar-refractivity contribution in [2.75, 3.05) is 0 Å². The number of para-hydroxylation sites is 2. The normalized spacial score (nSPS) is 11.7. The third kappa shape index (κ3) is 5.78. The summed E-state index contributed by atoms with van der Waals surface area (Å²) in [6, 6.07) is 70.2. The second kappa shape index (κ2) is 14.0. The standard InChI is InChI=1S/C55H33N3OS/c1-3-14-34(15-4-1)36-18-11-19-37(30-36)41-24-13-25-44-51-43-23-8-10-27-50(43)60-54(51)52(58-53(41)44)40-21-12-20-38(31-40)46-33-47(57-55(56-46)35-16-5-2-6-17-35)39-28-29-49-45(32-39)42-22-7-9-26-48(42)59-49/h1-33H. The summed E-state index contributed by atoms with van der Waals surface area (Å²) in [5, 5.41) is 5.78. The lowest BCUT2D eigenvalue weighted by molar-refractivity contribution is 0.669. The van der Waals surface area contributed by atoms with E-state index in [2.05, 4.69) is 164 Å². The monoisotopic (exact) mass is 783 g/mol. The lowest BCUT2D eigenvalue weighted by Gasteiger charge is -2.13. The van der Waals surface area contributed by atoms with Crippen LogP contribution in [0.2, 0.25) is 0 Å². The first kappa shape index (κ1) is 34.3. The second-order valence-electron chi connectivity index (χ2n) is 15.1. The van der Waals surface area contributed by atoms with Crippen molar-refractivity contribution in [1.82, 2.24) is 15.0 Å². The van der Waals surface area contributed by atoms with Gasteiger partial charge in [-0.05, 0) is 65.2 Å². The first-order valence-electron chi connectivity index (χ1n) is 20.1. The van der Waals surface area contributed by atoms with Crippen LogP contribution in [0.15, 0.2) is 205 Å². The maximum atomic E-state index is 6.18. The van der Waals surface area contributed by atoms with Gasteiger partial charge in [-0.2, -0.15) is 0 Å². The Hall–Kier alpha value is -7.73. The Labute approximate surface area is 349 Å². The third-order valence-corrected chi connectivity index (χ3v) is 12.7. The fourth-order valence-corrected chi connectivity index (χ4v) is 9.83. The molecule has 5 heteroatoms. The van der Waals surface area contributed by atoms with Gasteiger partial charge in [0.2, 0.25) is 0 Å². The van der Waals surface area contributed by atoms with Gasteiger partial charge in [0.25, 0.3) is 0 Å². The topological polar surface area (TPSA) is 51.8 Å². The van der Waals surface area contributed by atoms with E-state index < -0.39 is 0 Å². The van der Waals surface area contributed by atoms with Gasteiger partial charge >= 0.3 is 0 Å². The largest absolute Gasteiger partial charge is 0.456 e. The summed E-state index contributed by atoms with van der Waals surface area (Å²) >= 11 is 1.81. The van der Waals surface area contributed by atoms with E-state index in [1.165, 1.54) is 31.3 Å². The van der Waals surface area contributed by atoms with Gasteiger partial charge in [-0.3, -0.25) is 0 Å². The lowest BCUT2D eigenvalue weighted by Crippen LogP contribution is -1.96. The highest BCUT2D eigenvalue weighted by atomic mass is 32.1. The third-order valence-electron chi connectivity index (χ3n) is 11.5. The van der Waals surface area contributed by atoms with Gasteiger partial charge in [0.1, 0.15) is 11.2 Å². The van der Waals surface area contributed by atoms with Crippen molar-refractivity contribution in [3.63, 3.8) is 0 Å². The molecule has 0 aliphatic heterocycles. The summed E-state index contributed by atoms with van der Waals surface area (Å²) in [6.07, 6.45) is 0. The number of thiophene rings is 1. The first-order chi connectivity index (χ1) is 29.7. The van der Waals surface area contributed by atoms with Gasteiger partial charge in [-0.15, -0.1) is 11.3 Å². The van der Waals surface area contributed by atoms with Crippen LogP contribution in [-0.4, -0.2) is 15.0 Å². The number of aromatic nitrogens is 3. The van der Waals surface area contributed by atoms with Gasteiger partial charge in [0.05, 0.1) is 27.3 Å². The molecule has 0 aliphatic rings. The minimum absolute atomic E-state index is 0.670. The van der Waals surface area contributed by atoms with Crippen LogP contribution in [0, 0.1) is 0 Å². The molecular weight excluding hydrogens is 751 g/mol. The molecule has 0 fully saturated rings. The zero-order valence-electron chi connectivity index (χ0n) is 32.2. The van der Waals surface area contributed by atoms with Crippen molar-refractivity contribution >= 4 is 64.4 Å². The Balaban J connectivity index is 1.05. The molecule has 0 N–H and O–H groups in total. The molecule has 0 spiro atoms. The van der Waals surface area contributed by atoms with Crippen LogP contribution in [-0.2, 0) is 0 Å². The van der Waals surface area contributed by atoms with Crippen molar-refractivity contribution in [3.8, 4) is 67.4 Å². The summed E-state index contributed by atoms with van der Waals surface area (Å²) < 4.78 is 8.59. The molecule has 0 amide bonds. The molecule has 4 nitrogen and oxygen atoms in total. The minimum atomic E-state index is 0.670. The molecule has 12 rings (SSSR count). The summed E-state index contributed by atoms with van der Waals surface area (Å²) in [7, 11) is 0. The lowest BCUT2D eigenvalue weighted by atomic mass is 9.95. The summed E-state index contributed by atoms with van der Waals surface area (Å²) in [5.74, 6) is 0.670. The molecule has 0 unspecified atom stereocenters. The van der Waals surface area contributed by atoms with E-state index in [-0.39, 0.29) is 0 Å². The van der Waals surface area contributed by atoms with Crippen LogP contribution in [0.4, 0.5) is 0 Å². The molecule has 280 valence electrons. The van der Waals surface area contributed by atoms with E-state index in [1.54, 1.807) is 11.3 Å². The average Bonchev–Trinajstić information content (AvgIpc) is 3.91. The molecule has 0 saturated heterocycles. The Morgan fingerprint density at radius 2 is 0.967 bits per heavy atom. The molecular formula is C55H33N3OS. The van der Waals surface area contributed by atoms with Crippen molar-refractivity contribution < 1.29 is 4.42 Å². The predicted octanol–water partition coefficient (Wildman–Crippen LogP) is 15.3. The highest BCUT2D eigenvalue weighted by Crippen LogP contribution is 2.45. The van der Waals surface area contributed by atoms with Crippen molar-refractivity contribution in [1.29, 1.82) is 0 Å².